The van der Waals surface area contributed by atoms with Crippen LogP contribution in [0.2, 0.25) is 0 Å². The molecule has 3 rings (SSSR count). The Labute approximate surface area is 196 Å². The fourth-order valence-corrected chi connectivity index (χ4v) is 4.89. The summed E-state index contributed by atoms with van der Waals surface area (Å²) in [7, 11) is -3.39. The molecule has 1 aliphatic rings. The van der Waals surface area contributed by atoms with Crippen LogP contribution < -0.4 is 10.6 Å². The van der Waals surface area contributed by atoms with Crippen molar-refractivity contribution < 1.29 is 12.8 Å². The van der Waals surface area contributed by atoms with E-state index in [1.165, 1.54) is 0 Å². The molecule has 2 aromatic rings. The van der Waals surface area contributed by atoms with Crippen LogP contribution in [-0.4, -0.2) is 51.4 Å². The maximum Gasteiger partial charge on any atom is 0.243 e. The van der Waals surface area contributed by atoms with Gasteiger partial charge in [-0.1, -0.05) is 18.2 Å². The van der Waals surface area contributed by atoms with E-state index < -0.39 is 10.0 Å². The molecule has 30 heavy (non-hydrogen) atoms. The smallest absolute Gasteiger partial charge is 0.243 e. The minimum absolute atomic E-state index is 0. The van der Waals surface area contributed by atoms with Crippen molar-refractivity contribution in [1.82, 2.24) is 14.9 Å². The van der Waals surface area contributed by atoms with Gasteiger partial charge in [0.25, 0.3) is 0 Å². The molecule has 0 spiro atoms. The Bertz CT molecular complexity index is 865. The van der Waals surface area contributed by atoms with E-state index in [0.717, 1.165) is 44.1 Å². The Morgan fingerprint density at radius 1 is 1.13 bits per heavy atom. The zero-order valence-corrected chi connectivity index (χ0v) is 20.4. The lowest BCUT2D eigenvalue weighted by Gasteiger charge is -2.30. The molecular weight excluding hydrogens is 515 g/mol. The molecule has 0 saturated carbocycles. The molecule has 0 aliphatic carbocycles. The highest BCUT2D eigenvalue weighted by Gasteiger charge is 2.29. The van der Waals surface area contributed by atoms with Crippen molar-refractivity contribution in [2.24, 2.45) is 10.9 Å². The van der Waals surface area contributed by atoms with Crippen LogP contribution in [0.5, 0.6) is 0 Å². The van der Waals surface area contributed by atoms with Gasteiger partial charge < -0.3 is 15.1 Å². The second-order valence-electron chi connectivity index (χ2n) is 7.14. The average molecular weight is 546 g/mol. The summed E-state index contributed by atoms with van der Waals surface area (Å²) in [6, 6.07) is 12.5. The third-order valence-electron chi connectivity index (χ3n) is 5.05. The molecule has 9 heteroatoms. The summed E-state index contributed by atoms with van der Waals surface area (Å²) in [5.41, 5.74) is 0. The van der Waals surface area contributed by atoms with E-state index in [2.05, 4.69) is 10.6 Å². The molecule has 0 bridgehead atoms. The summed E-state index contributed by atoms with van der Waals surface area (Å²) >= 11 is 0. The zero-order valence-electron chi connectivity index (χ0n) is 17.3. The third kappa shape index (κ3) is 6.98. The van der Waals surface area contributed by atoms with Gasteiger partial charge >= 0.3 is 0 Å². The lowest BCUT2D eigenvalue weighted by Crippen LogP contribution is -2.40. The van der Waals surface area contributed by atoms with Crippen LogP contribution in [0.1, 0.15) is 25.5 Å². The fourth-order valence-electron chi connectivity index (χ4n) is 3.39. The van der Waals surface area contributed by atoms with Crippen molar-refractivity contribution in [3.8, 4) is 0 Å². The Balaban J connectivity index is 0.00000320. The van der Waals surface area contributed by atoms with Crippen LogP contribution in [0.25, 0.3) is 0 Å². The number of rotatable bonds is 8. The normalized spacial score (nSPS) is 16.1. The van der Waals surface area contributed by atoms with E-state index in [0.29, 0.717) is 30.4 Å². The maximum absolute atomic E-state index is 12.7. The van der Waals surface area contributed by atoms with Crippen molar-refractivity contribution in [3.63, 3.8) is 0 Å². The maximum atomic E-state index is 12.7. The Hall–Kier alpha value is -1.59. The Kier molecular flexibility index (Phi) is 10.1. The molecule has 1 aromatic heterocycles. The van der Waals surface area contributed by atoms with Crippen molar-refractivity contribution in [2.75, 3.05) is 32.7 Å². The van der Waals surface area contributed by atoms with Crippen LogP contribution >= 0.6 is 24.0 Å². The Morgan fingerprint density at radius 3 is 2.50 bits per heavy atom. The lowest BCUT2D eigenvalue weighted by molar-refractivity contribution is 0.278. The van der Waals surface area contributed by atoms with Gasteiger partial charge in [0.05, 0.1) is 11.2 Å². The number of furan rings is 1. The van der Waals surface area contributed by atoms with Gasteiger partial charge in [-0.2, -0.15) is 4.31 Å². The second-order valence-corrected chi connectivity index (χ2v) is 9.07. The molecule has 1 fully saturated rings. The zero-order chi connectivity index (χ0) is 20.5. The third-order valence-corrected chi connectivity index (χ3v) is 6.96. The van der Waals surface area contributed by atoms with Crippen LogP contribution in [0.3, 0.4) is 0 Å². The van der Waals surface area contributed by atoms with Crippen LogP contribution in [-0.2, 0) is 16.4 Å². The quantitative estimate of drug-likeness (QED) is 0.302. The first kappa shape index (κ1) is 24.7. The van der Waals surface area contributed by atoms with E-state index in [1.54, 1.807) is 34.8 Å². The van der Waals surface area contributed by atoms with Crippen molar-refractivity contribution in [2.45, 2.75) is 31.1 Å². The van der Waals surface area contributed by atoms with Gasteiger partial charge in [-0.05, 0) is 49.9 Å². The van der Waals surface area contributed by atoms with Gasteiger partial charge in [-0.3, -0.25) is 4.99 Å². The SMILES string of the molecule is CCNC(=NCC1CCN(S(=O)(=O)c2ccccc2)CC1)NCCc1ccco1.I. The highest BCUT2D eigenvalue weighted by atomic mass is 127. The summed E-state index contributed by atoms with van der Waals surface area (Å²) in [5.74, 6) is 2.12. The van der Waals surface area contributed by atoms with E-state index in [4.69, 9.17) is 9.41 Å². The average Bonchev–Trinajstić information content (AvgIpc) is 3.26. The van der Waals surface area contributed by atoms with Crippen molar-refractivity contribution in [3.05, 3.63) is 54.5 Å². The van der Waals surface area contributed by atoms with Gasteiger partial charge in [0.15, 0.2) is 5.96 Å². The number of hydrogen-bond donors (Lipinski definition) is 2. The van der Waals surface area contributed by atoms with Crippen LogP contribution in [0.4, 0.5) is 0 Å². The molecule has 1 aliphatic heterocycles. The van der Waals surface area contributed by atoms with E-state index in [1.807, 2.05) is 25.1 Å². The minimum Gasteiger partial charge on any atom is -0.469 e. The molecule has 0 atom stereocenters. The van der Waals surface area contributed by atoms with Gasteiger partial charge in [0.2, 0.25) is 10.0 Å². The molecule has 1 saturated heterocycles. The fraction of sp³-hybridized carbons (Fsp3) is 0.476. The highest BCUT2D eigenvalue weighted by molar-refractivity contribution is 14.0. The number of benzene rings is 1. The summed E-state index contributed by atoms with van der Waals surface area (Å²) in [5, 5.41) is 6.58. The minimum atomic E-state index is -3.39. The molecule has 166 valence electrons. The lowest BCUT2D eigenvalue weighted by atomic mass is 9.98. The molecule has 0 amide bonds. The number of hydrogen-bond acceptors (Lipinski definition) is 4. The predicted octanol–water partition coefficient (Wildman–Crippen LogP) is 3.10. The van der Waals surface area contributed by atoms with E-state index in [-0.39, 0.29) is 24.0 Å². The van der Waals surface area contributed by atoms with Gasteiger partial charge in [-0.15, -0.1) is 24.0 Å². The molecular formula is C21H31IN4O3S. The summed E-state index contributed by atoms with van der Waals surface area (Å²) < 4.78 is 32.4. The molecule has 1 aromatic carbocycles. The van der Waals surface area contributed by atoms with Crippen LogP contribution in [0, 0.1) is 5.92 Å². The summed E-state index contributed by atoms with van der Waals surface area (Å²) in [6.07, 6.45) is 4.12. The summed E-state index contributed by atoms with van der Waals surface area (Å²) in [4.78, 5) is 5.06. The number of piperidine rings is 1. The second kappa shape index (κ2) is 12.3. The molecule has 7 nitrogen and oxygen atoms in total. The van der Waals surface area contributed by atoms with E-state index in [9.17, 15) is 8.42 Å². The number of nitrogens with zero attached hydrogens (tertiary/aromatic N) is 2. The van der Waals surface area contributed by atoms with E-state index >= 15 is 0 Å². The number of guanidine groups is 1. The topological polar surface area (TPSA) is 86.9 Å². The number of halogens is 1. The van der Waals surface area contributed by atoms with Crippen molar-refractivity contribution in [1.29, 1.82) is 0 Å². The molecule has 2 N–H and O–H groups in total. The molecule has 0 unspecified atom stereocenters. The standard InChI is InChI=1S/C21H30N4O3S.HI/c1-2-22-21(23-13-10-19-7-6-16-28-19)24-17-18-11-14-25(15-12-18)29(26,27)20-8-4-3-5-9-20;/h3-9,16,18H,2,10-15,17H2,1H3,(H2,22,23,24);1H. The predicted molar refractivity (Wildman–Crippen MR) is 130 cm³/mol. The van der Waals surface area contributed by atoms with Crippen molar-refractivity contribution >= 4 is 40.0 Å². The van der Waals surface area contributed by atoms with Gasteiger partial charge in [0.1, 0.15) is 5.76 Å². The molecule has 0 radical (unpaired) electrons. The van der Waals surface area contributed by atoms with Gasteiger partial charge in [-0.25, -0.2) is 8.42 Å². The highest BCUT2D eigenvalue weighted by Crippen LogP contribution is 2.23. The Morgan fingerprint density at radius 2 is 1.87 bits per heavy atom. The number of sulfonamides is 1. The van der Waals surface area contributed by atoms with Crippen LogP contribution in [0.15, 0.2) is 63.0 Å². The first-order chi connectivity index (χ1) is 14.1. The summed E-state index contributed by atoms with van der Waals surface area (Å²) in [6.45, 7) is 5.35. The largest absolute Gasteiger partial charge is 0.469 e. The molecule has 2 heterocycles. The first-order valence-corrected chi connectivity index (χ1v) is 11.6. The van der Waals surface area contributed by atoms with Gasteiger partial charge in [0, 0.05) is 39.1 Å². The monoisotopic (exact) mass is 546 g/mol. The number of aliphatic imine (C=N–C) groups is 1. The number of nitrogens with one attached hydrogen (secondary N) is 2. The first-order valence-electron chi connectivity index (χ1n) is 10.2.